The molecule has 2 heterocycles. The Hall–Kier alpha value is -6.66. The standard InChI is InChI=1S/C56H80N10O8/c1-33(26-37-20-15-13-16-21-37)59-51(71)43-29-41(31-65(43)53(73)45(55(5,6)7)63-47(67)35(3)57-11)61-49(69)39-24-19-25-40(28-39)50(70)62-42-30-44(52(72)60-34(2)27-38-22-17-14-18-23-38)66(32-42)54(74)46(56(8,9)10)64-48(68)36(4)58-12/h13-25,28,33-36,41-46,57-58H,26-27,29-32H2,1-12H3,(H,59,71)(H,60,72)(H,61,69)(H,62,70)(H,63,67)(H,64,68)/t33-,34?,35+,36+,41+,42+,43+,44+,45-,46-/m1/s1. The Morgan fingerprint density at radius 3 is 1.19 bits per heavy atom. The summed E-state index contributed by atoms with van der Waals surface area (Å²) in [5.41, 5.74) is 0.850. The van der Waals surface area contributed by atoms with E-state index in [2.05, 4.69) is 42.5 Å². The lowest BCUT2D eigenvalue weighted by Crippen LogP contribution is -2.60. The van der Waals surface area contributed by atoms with Crippen LogP contribution >= 0.6 is 0 Å². The van der Waals surface area contributed by atoms with Gasteiger partial charge in [0.05, 0.1) is 12.1 Å². The van der Waals surface area contributed by atoms with Gasteiger partial charge in [-0.1, -0.05) is 108 Å². The van der Waals surface area contributed by atoms with E-state index in [0.29, 0.717) is 12.8 Å². The molecule has 74 heavy (non-hydrogen) atoms. The second-order valence-electron chi connectivity index (χ2n) is 22.2. The molecule has 2 fully saturated rings. The van der Waals surface area contributed by atoms with Gasteiger partial charge in [-0.2, -0.15) is 0 Å². The van der Waals surface area contributed by atoms with Gasteiger partial charge in [-0.15, -0.1) is 0 Å². The summed E-state index contributed by atoms with van der Waals surface area (Å²) in [6.07, 6.45) is 1.28. The summed E-state index contributed by atoms with van der Waals surface area (Å²) < 4.78 is 0. The minimum atomic E-state index is -1.00. The van der Waals surface area contributed by atoms with Gasteiger partial charge in [0.15, 0.2) is 0 Å². The molecule has 8 amide bonds. The first-order valence-corrected chi connectivity index (χ1v) is 25.8. The smallest absolute Gasteiger partial charge is 0.251 e. The number of hydrogen-bond donors (Lipinski definition) is 8. The van der Waals surface area contributed by atoms with Gasteiger partial charge in [-0.25, -0.2) is 0 Å². The lowest BCUT2D eigenvalue weighted by atomic mass is 9.85. The quantitative estimate of drug-likeness (QED) is 0.0824. The van der Waals surface area contributed by atoms with E-state index in [0.717, 1.165) is 11.1 Å². The number of amides is 8. The van der Waals surface area contributed by atoms with Crippen LogP contribution in [-0.4, -0.2) is 145 Å². The van der Waals surface area contributed by atoms with Gasteiger partial charge in [0.1, 0.15) is 24.2 Å². The molecule has 402 valence electrons. The minimum Gasteiger partial charge on any atom is -0.352 e. The van der Waals surface area contributed by atoms with Crippen LogP contribution in [0.4, 0.5) is 0 Å². The molecule has 18 heteroatoms. The first kappa shape index (κ1) is 58.2. The Morgan fingerprint density at radius 2 is 0.865 bits per heavy atom. The van der Waals surface area contributed by atoms with Gasteiger partial charge in [0.25, 0.3) is 11.8 Å². The fourth-order valence-corrected chi connectivity index (χ4v) is 9.35. The molecule has 5 rings (SSSR count). The lowest BCUT2D eigenvalue weighted by Gasteiger charge is -2.36. The van der Waals surface area contributed by atoms with Crippen LogP contribution in [0.1, 0.15) is 114 Å². The number of rotatable bonds is 20. The third-order valence-electron chi connectivity index (χ3n) is 13.8. The molecule has 0 spiro atoms. The van der Waals surface area contributed by atoms with E-state index in [1.807, 2.05) is 116 Å². The number of likely N-dealkylation sites (N-methyl/N-ethyl adjacent to an activating group) is 2. The van der Waals surface area contributed by atoms with E-state index in [1.165, 1.54) is 15.9 Å². The highest BCUT2D eigenvalue weighted by molar-refractivity contribution is 6.01. The van der Waals surface area contributed by atoms with Crippen molar-refractivity contribution in [2.45, 2.75) is 155 Å². The van der Waals surface area contributed by atoms with E-state index in [4.69, 9.17) is 0 Å². The van der Waals surface area contributed by atoms with E-state index < -0.39 is 94.6 Å². The van der Waals surface area contributed by atoms with E-state index >= 15 is 0 Å². The topological polar surface area (TPSA) is 239 Å². The Bertz CT molecular complexity index is 2290. The molecular formula is C56H80N10O8. The first-order chi connectivity index (χ1) is 34.8. The van der Waals surface area contributed by atoms with Crippen LogP contribution in [0.15, 0.2) is 84.9 Å². The number of nitrogens with zero attached hydrogens (tertiary/aromatic N) is 2. The van der Waals surface area contributed by atoms with Crippen LogP contribution in [0.2, 0.25) is 0 Å². The molecule has 8 N–H and O–H groups in total. The van der Waals surface area contributed by atoms with Gasteiger partial charge in [0, 0.05) is 48.4 Å². The van der Waals surface area contributed by atoms with Crippen LogP contribution in [-0.2, 0) is 41.6 Å². The highest BCUT2D eigenvalue weighted by Crippen LogP contribution is 2.29. The molecular weight excluding hydrogens is 941 g/mol. The molecule has 0 bridgehead atoms. The Labute approximate surface area is 437 Å². The van der Waals surface area contributed by atoms with Crippen LogP contribution in [0.5, 0.6) is 0 Å². The van der Waals surface area contributed by atoms with Crippen molar-refractivity contribution in [3.8, 4) is 0 Å². The molecule has 0 aliphatic carbocycles. The second kappa shape index (κ2) is 25.5. The number of likely N-dealkylation sites (tertiary alicyclic amines) is 2. The van der Waals surface area contributed by atoms with Gasteiger partial charge in [0.2, 0.25) is 35.4 Å². The highest BCUT2D eigenvalue weighted by Gasteiger charge is 2.47. The molecule has 2 saturated heterocycles. The van der Waals surface area contributed by atoms with Crippen LogP contribution in [0.3, 0.4) is 0 Å². The molecule has 18 nitrogen and oxygen atoms in total. The van der Waals surface area contributed by atoms with Gasteiger partial charge in [-0.05, 0) is 108 Å². The maximum absolute atomic E-state index is 14.6. The van der Waals surface area contributed by atoms with E-state index in [-0.39, 0.29) is 61.0 Å². The van der Waals surface area contributed by atoms with Crippen LogP contribution in [0, 0.1) is 10.8 Å². The third kappa shape index (κ3) is 15.7. The fraction of sp³-hybridized carbons (Fsp3) is 0.536. The largest absolute Gasteiger partial charge is 0.352 e. The summed E-state index contributed by atoms with van der Waals surface area (Å²) in [6.45, 7) is 18.1. The molecule has 0 saturated carbocycles. The molecule has 3 aromatic rings. The van der Waals surface area contributed by atoms with E-state index in [1.54, 1.807) is 46.1 Å². The molecule has 10 atom stereocenters. The van der Waals surface area contributed by atoms with Gasteiger partial charge in [-0.3, -0.25) is 38.4 Å². The molecule has 0 aromatic heterocycles. The van der Waals surface area contributed by atoms with Crippen molar-refractivity contribution in [1.82, 2.24) is 52.3 Å². The minimum absolute atomic E-state index is 0.0229. The number of benzene rings is 3. The van der Waals surface area contributed by atoms with Crippen molar-refractivity contribution in [2.75, 3.05) is 27.2 Å². The summed E-state index contributed by atoms with van der Waals surface area (Å²) in [5.74, 6) is -3.55. The van der Waals surface area contributed by atoms with Crippen LogP contribution < -0.4 is 42.5 Å². The van der Waals surface area contributed by atoms with Crippen molar-refractivity contribution in [3.63, 3.8) is 0 Å². The SMILES string of the molecule is CN[C@@H](C)C(=O)N[C@H](C(=O)N1C[C@@H](NC(=O)c2cccc(C(=O)N[C@H]3C[C@@H](C(=O)N[C@H](C)Cc4ccccc4)N(C(=O)[C@@H](NC(=O)[C@H](C)NC)C(C)(C)C)C3)c2)C[C@H]1C(=O)NC(C)Cc1ccccc1)C(C)(C)C. The van der Waals surface area contributed by atoms with Crippen molar-refractivity contribution >= 4 is 47.3 Å². The zero-order valence-corrected chi connectivity index (χ0v) is 45.3. The number of nitrogens with one attached hydrogen (secondary N) is 8. The first-order valence-electron chi connectivity index (χ1n) is 25.8. The zero-order chi connectivity index (χ0) is 54.7. The maximum atomic E-state index is 14.6. The normalized spacial score (nSPS) is 20.2. The highest BCUT2D eigenvalue weighted by atomic mass is 16.2. The predicted molar refractivity (Wildman–Crippen MR) is 285 cm³/mol. The average Bonchev–Trinajstić information content (AvgIpc) is 3.98. The molecule has 3 aromatic carbocycles. The number of carbonyl (C=O) groups is 8. The Kier molecular flexibility index (Phi) is 20.1. The van der Waals surface area contributed by atoms with E-state index in [9.17, 15) is 38.4 Å². The predicted octanol–water partition coefficient (Wildman–Crippen LogP) is 2.86. The average molecular weight is 1020 g/mol. The summed E-state index contributed by atoms with van der Waals surface area (Å²) >= 11 is 0. The second-order valence-corrected chi connectivity index (χ2v) is 22.2. The van der Waals surface area contributed by atoms with Gasteiger partial charge < -0.3 is 52.3 Å². The Balaban J connectivity index is 1.34. The maximum Gasteiger partial charge on any atom is 0.251 e. The van der Waals surface area contributed by atoms with Crippen molar-refractivity contribution in [3.05, 3.63) is 107 Å². The molecule has 1 unspecified atom stereocenters. The molecule has 2 aliphatic rings. The summed E-state index contributed by atoms with van der Waals surface area (Å²) in [7, 11) is 3.29. The third-order valence-corrected chi connectivity index (χ3v) is 13.8. The summed E-state index contributed by atoms with van der Waals surface area (Å²) in [6, 6.07) is 18.4. The fourth-order valence-electron chi connectivity index (χ4n) is 9.35. The Morgan fingerprint density at radius 1 is 0.514 bits per heavy atom. The monoisotopic (exact) mass is 1020 g/mol. The van der Waals surface area contributed by atoms with Crippen molar-refractivity contribution in [2.24, 2.45) is 10.8 Å². The number of hydrogen-bond acceptors (Lipinski definition) is 10. The van der Waals surface area contributed by atoms with Gasteiger partial charge >= 0.3 is 0 Å². The summed E-state index contributed by atoms with van der Waals surface area (Å²) in [4.78, 5) is 115. The van der Waals surface area contributed by atoms with Crippen LogP contribution in [0.25, 0.3) is 0 Å². The molecule has 2 aliphatic heterocycles. The van der Waals surface area contributed by atoms with Crippen molar-refractivity contribution in [1.29, 1.82) is 0 Å². The zero-order valence-electron chi connectivity index (χ0n) is 45.3. The summed E-state index contributed by atoms with van der Waals surface area (Å²) in [5, 5.41) is 23.7. The lowest BCUT2D eigenvalue weighted by molar-refractivity contribution is -0.144. The molecule has 0 radical (unpaired) electrons. The number of carbonyl (C=O) groups excluding carboxylic acids is 8. The van der Waals surface area contributed by atoms with Crippen molar-refractivity contribution < 1.29 is 38.4 Å².